The Morgan fingerprint density at radius 2 is 2.11 bits per heavy atom. The number of nitrogens with zero attached hydrogens (tertiary/aromatic N) is 2. The maximum absolute atomic E-state index is 12.0. The van der Waals surface area contributed by atoms with Gasteiger partial charge in [0.1, 0.15) is 0 Å². The summed E-state index contributed by atoms with van der Waals surface area (Å²) in [7, 11) is 0. The zero-order chi connectivity index (χ0) is 14.1. The van der Waals surface area contributed by atoms with Crippen LogP contribution in [-0.2, 0) is 0 Å². The molecule has 0 aliphatic heterocycles. The van der Waals surface area contributed by atoms with E-state index in [1.54, 1.807) is 0 Å². The second-order valence-corrected chi connectivity index (χ2v) is 3.38. The summed E-state index contributed by atoms with van der Waals surface area (Å²) in [6, 6.07) is 0.675. The minimum atomic E-state index is -5.08. The molecule has 1 heterocycles. The van der Waals surface area contributed by atoms with Crippen LogP contribution in [0, 0.1) is 17.0 Å². The summed E-state index contributed by atoms with van der Waals surface area (Å²) in [4.78, 5) is 23.4. The molecule has 0 N–H and O–H groups in total. The van der Waals surface area contributed by atoms with Crippen molar-refractivity contribution in [3.05, 3.63) is 27.3 Å². The minimum Gasteiger partial charge on any atom is -0.366 e. The Morgan fingerprint density at radius 1 is 1.56 bits per heavy atom. The van der Waals surface area contributed by atoms with Crippen LogP contribution >= 0.6 is 11.6 Å². The van der Waals surface area contributed by atoms with Crippen LogP contribution in [0.1, 0.15) is 15.9 Å². The number of nitro groups is 1. The quantitative estimate of drug-likeness (QED) is 0.484. The minimum absolute atomic E-state index is 0.335. The van der Waals surface area contributed by atoms with Crippen molar-refractivity contribution < 1.29 is 27.6 Å². The second kappa shape index (κ2) is 4.77. The molecule has 0 atom stereocenters. The normalized spacial score (nSPS) is 11.2. The van der Waals surface area contributed by atoms with E-state index in [-0.39, 0.29) is 5.56 Å². The average molecular weight is 285 g/mol. The highest BCUT2D eigenvalue weighted by Gasteiger charge is 2.36. The predicted octanol–water partition coefficient (Wildman–Crippen LogP) is 2.58. The molecule has 10 heteroatoms. The third kappa shape index (κ3) is 3.29. The predicted molar refractivity (Wildman–Crippen MR) is 52.5 cm³/mol. The van der Waals surface area contributed by atoms with Crippen molar-refractivity contribution in [3.63, 3.8) is 0 Å². The van der Waals surface area contributed by atoms with Crippen LogP contribution in [-0.4, -0.2) is 21.5 Å². The Labute approximate surface area is 102 Å². The molecule has 0 aliphatic carbocycles. The van der Waals surface area contributed by atoms with Crippen LogP contribution in [0.4, 0.5) is 19.0 Å². The van der Waals surface area contributed by atoms with Crippen molar-refractivity contribution in [3.8, 4) is 5.88 Å². The van der Waals surface area contributed by atoms with E-state index in [1.165, 1.54) is 0 Å². The summed E-state index contributed by atoms with van der Waals surface area (Å²) >= 11 is 5.10. The molecule has 98 valence electrons. The number of hydrogen-bond acceptors (Lipinski definition) is 5. The van der Waals surface area contributed by atoms with Gasteiger partial charge >= 0.3 is 18.1 Å². The summed E-state index contributed by atoms with van der Waals surface area (Å²) in [6.07, 6.45) is -5.08. The Morgan fingerprint density at radius 3 is 2.50 bits per heavy atom. The topological polar surface area (TPSA) is 82.3 Å². The highest BCUT2D eigenvalue weighted by molar-refractivity contribution is 6.68. The van der Waals surface area contributed by atoms with Crippen LogP contribution in [0.25, 0.3) is 0 Å². The zero-order valence-electron chi connectivity index (χ0n) is 8.62. The van der Waals surface area contributed by atoms with Gasteiger partial charge in [-0.15, -0.1) is 13.2 Å². The molecule has 0 spiro atoms. The Balaban J connectivity index is 3.40. The maximum Gasteiger partial charge on any atom is 0.575 e. The van der Waals surface area contributed by atoms with E-state index in [0.29, 0.717) is 6.07 Å². The lowest BCUT2D eigenvalue weighted by atomic mass is 10.1. The third-order valence-corrected chi connectivity index (χ3v) is 2.03. The first-order valence-electron chi connectivity index (χ1n) is 4.23. The molecule has 6 nitrogen and oxygen atoms in total. The summed E-state index contributed by atoms with van der Waals surface area (Å²) in [5, 5.41) is 9.31. The summed E-state index contributed by atoms with van der Waals surface area (Å²) in [5.74, 6) is -2.05. The van der Waals surface area contributed by atoms with Gasteiger partial charge in [-0.1, -0.05) is 0 Å². The van der Waals surface area contributed by atoms with E-state index < -0.39 is 33.8 Å². The Kier molecular flexibility index (Phi) is 3.75. The lowest BCUT2D eigenvalue weighted by Crippen LogP contribution is -2.19. The lowest BCUT2D eigenvalue weighted by Gasteiger charge is -2.08. The van der Waals surface area contributed by atoms with Gasteiger partial charge in [-0.2, -0.15) is 0 Å². The number of pyridine rings is 1. The van der Waals surface area contributed by atoms with Gasteiger partial charge < -0.3 is 14.9 Å². The van der Waals surface area contributed by atoms with Gasteiger partial charge in [-0.05, 0) is 23.4 Å². The van der Waals surface area contributed by atoms with E-state index in [1.807, 2.05) is 0 Å². The van der Waals surface area contributed by atoms with Crippen molar-refractivity contribution in [1.29, 1.82) is 0 Å². The van der Waals surface area contributed by atoms with Crippen molar-refractivity contribution in [2.24, 2.45) is 0 Å². The SMILES string of the molecule is Cc1c(C(=O)Cl)cc([N+](=O)[O-])nc1OC(F)(F)F. The van der Waals surface area contributed by atoms with Gasteiger partial charge in [0.25, 0.3) is 5.24 Å². The van der Waals surface area contributed by atoms with Gasteiger partial charge in [0.05, 0.1) is 11.1 Å². The molecule has 0 amide bonds. The van der Waals surface area contributed by atoms with Crippen LogP contribution in [0.2, 0.25) is 0 Å². The summed E-state index contributed by atoms with van der Waals surface area (Å²) in [5.41, 5.74) is -0.810. The molecule has 1 aromatic rings. The standard InChI is InChI=1S/C8H4ClF3N2O4/c1-3-4(6(9)15)2-5(14(16)17)13-7(3)18-8(10,11)12/h2H,1H3. The molecule has 1 rings (SSSR count). The molecule has 0 radical (unpaired) electrons. The van der Waals surface area contributed by atoms with Gasteiger partial charge in [-0.3, -0.25) is 4.79 Å². The monoisotopic (exact) mass is 284 g/mol. The number of hydrogen-bond donors (Lipinski definition) is 0. The molecule has 1 aromatic heterocycles. The third-order valence-electron chi connectivity index (χ3n) is 1.83. The molecule has 0 bridgehead atoms. The van der Waals surface area contributed by atoms with E-state index in [4.69, 9.17) is 11.6 Å². The molecule has 0 saturated carbocycles. The Hall–Kier alpha value is -1.90. The van der Waals surface area contributed by atoms with E-state index in [9.17, 15) is 28.1 Å². The molecular weight excluding hydrogens is 281 g/mol. The fourth-order valence-corrected chi connectivity index (χ4v) is 1.28. The summed E-state index contributed by atoms with van der Waals surface area (Å²) in [6.45, 7) is 1.08. The molecular formula is C8H4ClF3N2O4. The first kappa shape index (κ1) is 14.2. The molecule has 0 fully saturated rings. The van der Waals surface area contributed by atoms with E-state index in [2.05, 4.69) is 9.72 Å². The van der Waals surface area contributed by atoms with Gasteiger partial charge in [0.15, 0.2) is 0 Å². The fraction of sp³-hybridized carbons (Fsp3) is 0.250. The largest absolute Gasteiger partial charge is 0.575 e. The molecule has 0 saturated heterocycles. The second-order valence-electron chi connectivity index (χ2n) is 3.04. The van der Waals surface area contributed by atoms with Crippen molar-refractivity contribution >= 4 is 22.7 Å². The van der Waals surface area contributed by atoms with E-state index >= 15 is 0 Å². The highest BCUT2D eigenvalue weighted by Crippen LogP contribution is 2.29. The lowest BCUT2D eigenvalue weighted by molar-refractivity contribution is -0.390. The number of carbonyl (C=O) groups is 1. The zero-order valence-corrected chi connectivity index (χ0v) is 9.37. The Bertz CT molecular complexity index is 518. The fourth-order valence-electron chi connectivity index (χ4n) is 1.08. The average Bonchev–Trinajstić information content (AvgIpc) is 2.18. The molecule has 0 aromatic carbocycles. The van der Waals surface area contributed by atoms with Crippen LogP contribution in [0.15, 0.2) is 6.07 Å². The van der Waals surface area contributed by atoms with Gasteiger partial charge in [0.2, 0.25) is 0 Å². The van der Waals surface area contributed by atoms with Crippen molar-refractivity contribution in [2.45, 2.75) is 13.3 Å². The number of aromatic nitrogens is 1. The number of halogens is 4. The van der Waals surface area contributed by atoms with Gasteiger partial charge in [-0.25, -0.2) is 0 Å². The summed E-state index contributed by atoms with van der Waals surface area (Å²) < 4.78 is 39.6. The molecule has 0 aliphatic rings. The van der Waals surface area contributed by atoms with Crippen molar-refractivity contribution in [2.75, 3.05) is 0 Å². The number of alkyl halides is 3. The van der Waals surface area contributed by atoms with Crippen LogP contribution in [0.5, 0.6) is 5.88 Å². The number of rotatable bonds is 3. The van der Waals surface area contributed by atoms with Crippen LogP contribution < -0.4 is 4.74 Å². The first-order chi connectivity index (χ1) is 8.11. The van der Waals surface area contributed by atoms with Crippen molar-refractivity contribution in [1.82, 2.24) is 4.98 Å². The maximum atomic E-state index is 12.0. The van der Waals surface area contributed by atoms with Crippen LogP contribution in [0.3, 0.4) is 0 Å². The smallest absolute Gasteiger partial charge is 0.366 e. The number of ether oxygens (including phenoxy) is 1. The molecule has 0 unspecified atom stereocenters. The number of carbonyl (C=O) groups excluding carboxylic acids is 1. The van der Waals surface area contributed by atoms with E-state index in [0.717, 1.165) is 6.92 Å². The molecule has 18 heavy (non-hydrogen) atoms. The van der Waals surface area contributed by atoms with Gasteiger partial charge in [0, 0.05) is 11.1 Å². The highest BCUT2D eigenvalue weighted by atomic mass is 35.5. The first-order valence-corrected chi connectivity index (χ1v) is 4.61.